The van der Waals surface area contributed by atoms with E-state index < -0.39 is 0 Å². The number of carbonyl (C=O) groups is 2. The van der Waals surface area contributed by atoms with E-state index >= 15 is 0 Å². The van der Waals surface area contributed by atoms with Crippen LogP contribution in [0.2, 0.25) is 0 Å². The van der Waals surface area contributed by atoms with Crippen molar-refractivity contribution >= 4 is 11.9 Å². The molecule has 5 nitrogen and oxygen atoms in total. The standard InChI is InChI=1S/C16H28O5/c1-14(2)16(19)21-13-9-4-3-8-12-20-15(18)10-6-5-7-11-17/h17H,1,3-13H2,2H3. The lowest BCUT2D eigenvalue weighted by Gasteiger charge is -2.06. The van der Waals surface area contributed by atoms with Crippen LogP contribution in [0.5, 0.6) is 0 Å². The van der Waals surface area contributed by atoms with E-state index in [1.807, 2.05) is 0 Å². The summed E-state index contributed by atoms with van der Waals surface area (Å²) in [5.41, 5.74) is 0.418. The summed E-state index contributed by atoms with van der Waals surface area (Å²) >= 11 is 0. The van der Waals surface area contributed by atoms with Crippen LogP contribution in [0.3, 0.4) is 0 Å². The molecule has 0 aliphatic carbocycles. The van der Waals surface area contributed by atoms with E-state index in [-0.39, 0.29) is 18.5 Å². The van der Waals surface area contributed by atoms with Crippen molar-refractivity contribution < 1.29 is 24.2 Å². The third kappa shape index (κ3) is 13.4. The van der Waals surface area contributed by atoms with E-state index in [0.717, 1.165) is 44.9 Å². The molecule has 0 radical (unpaired) electrons. The van der Waals surface area contributed by atoms with Gasteiger partial charge in [0.1, 0.15) is 0 Å². The van der Waals surface area contributed by atoms with Crippen LogP contribution in [-0.4, -0.2) is 36.9 Å². The number of aliphatic hydroxyl groups excluding tert-OH is 1. The first kappa shape index (κ1) is 19.6. The van der Waals surface area contributed by atoms with E-state index in [4.69, 9.17) is 14.6 Å². The summed E-state index contributed by atoms with van der Waals surface area (Å²) in [5.74, 6) is -0.506. The van der Waals surface area contributed by atoms with Crippen LogP contribution in [0.1, 0.15) is 58.3 Å². The summed E-state index contributed by atoms with van der Waals surface area (Å²) < 4.78 is 10.1. The zero-order valence-electron chi connectivity index (χ0n) is 13.1. The van der Waals surface area contributed by atoms with Crippen molar-refractivity contribution in [1.29, 1.82) is 0 Å². The molecule has 0 aromatic carbocycles. The molecule has 0 aromatic rings. The Morgan fingerprint density at radius 1 is 0.905 bits per heavy atom. The van der Waals surface area contributed by atoms with Crippen LogP contribution in [0.15, 0.2) is 12.2 Å². The van der Waals surface area contributed by atoms with Gasteiger partial charge >= 0.3 is 11.9 Å². The highest BCUT2D eigenvalue weighted by atomic mass is 16.5. The molecule has 0 heterocycles. The Bertz CT molecular complexity index is 312. The molecule has 0 saturated carbocycles. The summed E-state index contributed by atoms with van der Waals surface area (Å²) in [4.78, 5) is 22.4. The number of aliphatic hydroxyl groups is 1. The van der Waals surface area contributed by atoms with Crippen LogP contribution in [0, 0.1) is 0 Å². The fourth-order valence-electron chi connectivity index (χ4n) is 1.66. The van der Waals surface area contributed by atoms with Crippen LogP contribution in [0.4, 0.5) is 0 Å². The van der Waals surface area contributed by atoms with Crippen molar-refractivity contribution in [3.05, 3.63) is 12.2 Å². The van der Waals surface area contributed by atoms with Gasteiger partial charge in [0.05, 0.1) is 13.2 Å². The lowest BCUT2D eigenvalue weighted by molar-refractivity contribution is -0.144. The topological polar surface area (TPSA) is 72.8 Å². The zero-order chi connectivity index (χ0) is 15.9. The molecule has 0 unspecified atom stereocenters. The van der Waals surface area contributed by atoms with Gasteiger partial charge in [-0.25, -0.2) is 4.79 Å². The third-order valence-electron chi connectivity index (χ3n) is 2.92. The third-order valence-corrected chi connectivity index (χ3v) is 2.92. The van der Waals surface area contributed by atoms with E-state index in [0.29, 0.717) is 25.2 Å². The Kier molecular flexibility index (Phi) is 12.7. The number of hydrogen-bond acceptors (Lipinski definition) is 5. The molecule has 0 spiro atoms. The molecule has 0 amide bonds. The van der Waals surface area contributed by atoms with Crippen LogP contribution < -0.4 is 0 Å². The second kappa shape index (κ2) is 13.6. The lowest BCUT2D eigenvalue weighted by Crippen LogP contribution is -2.07. The average molecular weight is 300 g/mol. The second-order valence-corrected chi connectivity index (χ2v) is 5.09. The van der Waals surface area contributed by atoms with Crippen molar-refractivity contribution in [3.63, 3.8) is 0 Å². The Labute approximate surface area is 127 Å². The molecule has 1 N–H and O–H groups in total. The fourth-order valence-corrected chi connectivity index (χ4v) is 1.66. The predicted octanol–water partition coefficient (Wildman–Crippen LogP) is 2.76. The minimum Gasteiger partial charge on any atom is -0.466 e. The Morgan fingerprint density at radius 2 is 1.48 bits per heavy atom. The summed E-state index contributed by atoms with van der Waals surface area (Å²) in [6.07, 6.45) is 6.33. The van der Waals surface area contributed by atoms with Gasteiger partial charge in [0.2, 0.25) is 0 Å². The first-order valence-electron chi connectivity index (χ1n) is 7.67. The van der Waals surface area contributed by atoms with Crippen molar-refractivity contribution in [1.82, 2.24) is 0 Å². The van der Waals surface area contributed by atoms with Gasteiger partial charge in [-0.2, -0.15) is 0 Å². The number of rotatable bonds is 13. The summed E-state index contributed by atoms with van der Waals surface area (Å²) in [6.45, 7) is 6.17. The van der Waals surface area contributed by atoms with E-state index in [9.17, 15) is 9.59 Å². The largest absolute Gasteiger partial charge is 0.466 e. The van der Waals surface area contributed by atoms with Gasteiger partial charge in [-0.15, -0.1) is 0 Å². The minimum atomic E-state index is -0.342. The SMILES string of the molecule is C=C(C)C(=O)OCCCCCCOC(=O)CCCCCO. The van der Waals surface area contributed by atoms with Gasteiger partial charge in [0, 0.05) is 18.6 Å². The smallest absolute Gasteiger partial charge is 0.333 e. The fraction of sp³-hybridized carbons (Fsp3) is 0.750. The van der Waals surface area contributed by atoms with Gasteiger partial charge in [0.15, 0.2) is 0 Å². The maximum Gasteiger partial charge on any atom is 0.333 e. The predicted molar refractivity (Wildman–Crippen MR) is 80.8 cm³/mol. The maximum atomic E-state index is 11.3. The molecule has 0 fully saturated rings. The molecule has 5 heteroatoms. The molecular formula is C16H28O5. The first-order valence-corrected chi connectivity index (χ1v) is 7.67. The Hall–Kier alpha value is -1.36. The first-order chi connectivity index (χ1) is 10.1. The molecular weight excluding hydrogens is 272 g/mol. The van der Waals surface area contributed by atoms with Crippen LogP contribution >= 0.6 is 0 Å². The quantitative estimate of drug-likeness (QED) is 0.322. The Morgan fingerprint density at radius 3 is 2.05 bits per heavy atom. The average Bonchev–Trinajstić information content (AvgIpc) is 2.46. The Balaban J connectivity index is 3.26. The number of hydrogen-bond donors (Lipinski definition) is 1. The highest BCUT2D eigenvalue weighted by molar-refractivity contribution is 5.86. The molecule has 0 aromatic heterocycles. The number of carbonyl (C=O) groups excluding carboxylic acids is 2. The van der Waals surface area contributed by atoms with Gasteiger partial charge in [-0.3, -0.25) is 4.79 Å². The van der Waals surface area contributed by atoms with E-state index in [1.54, 1.807) is 6.92 Å². The summed E-state index contributed by atoms with van der Waals surface area (Å²) in [7, 11) is 0. The minimum absolute atomic E-state index is 0.164. The van der Waals surface area contributed by atoms with Crippen molar-refractivity contribution in [2.45, 2.75) is 58.3 Å². The van der Waals surface area contributed by atoms with Gasteiger partial charge < -0.3 is 14.6 Å². The van der Waals surface area contributed by atoms with Crippen molar-refractivity contribution in [2.24, 2.45) is 0 Å². The van der Waals surface area contributed by atoms with Crippen molar-refractivity contribution in [3.8, 4) is 0 Å². The lowest BCUT2D eigenvalue weighted by atomic mass is 10.2. The van der Waals surface area contributed by atoms with Crippen LogP contribution in [0.25, 0.3) is 0 Å². The molecule has 0 saturated heterocycles. The molecule has 0 bridgehead atoms. The second-order valence-electron chi connectivity index (χ2n) is 5.09. The maximum absolute atomic E-state index is 11.3. The van der Waals surface area contributed by atoms with Crippen LogP contribution in [-0.2, 0) is 19.1 Å². The van der Waals surface area contributed by atoms with E-state index in [2.05, 4.69) is 6.58 Å². The molecule has 0 atom stereocenters. The van der Waals surface area contributed by atoms with Gasteiger partial charge in [-0.1, -0.05) is 13.0 Å². The zero-order valence-corrected chi connectivity index (χ0v) is 13.1. The molecule has 0 aliphatic rings. The highest BCUT2D eigenvalue weighted by Gasteiger charge is 2.03. The molecule has 0 rings (SSSR count). The summed E-state index contributed by atoms with van der Waals surface area (Å²) in [5, 5.41) is 8.60. The highest BCUT2D eigenvalue weighted by Crippen LogP contribution is 2.04. The number of unbranched alkanes of at least 4 members (excludes halogenated alkanes) is 5. The van der Waals surface area contributed by atoms with Crippen molar-refractivity contribution in [2.75, 3.05) is 19.8 Å². The normalized spacial score (nSPS) is 10.2. The molecule has 122 valence electrons. The van der Waals surface area contributed by atoms with Gasteiger partial charge in [-0.05, 0) is 45.4 Å². The summed E-state index contributed by atoms with van der Waals surface area (Å²) in [6, 6.07) is 0. The molecule has 21 heavy (non-hydrogen) atoms. The van der Waals surface area contributed by atoms with Gasteiger partial charge in [0.25, 0.3) is 0 Å². The number of esters is 2. The monoisotopic (exact) mass is 300 g/mol. The van der Waals surface area contributed by atoms with E-state index in [1.165, 1.54) is 0 Å². The number of ether oxygens (including phenoxy) is 2. The molecule has 0 aliphatic heterocycles.